The highest BCUT2D eigenvalue weighted by Gasteiger charge is 1.97. The van der Waals surface area contributed by atoms with Gasteiger partial charge in [0.05, 0.1) is 0 Å². The SMILES string of the molecule is [CH2]C(=S)c1ccc(-c2ccccc2)cc1. The number of thiocarbonyl (C=S) groups is 1. The van der Waals surface area contributed by atoms with Crippen LogP contribution in [0.2, 0.25) is 0 Å². The summed E-state index contributed by atoms with van der Waals surface area (Å²) in [5, 5.41) is 0. The van der Waals surface area contributed by atoms with Gasteiger partial charge in [0, 0.05) is 4.86 Å². The first-order valence-corrected chi connectivity index (χ1v) is 5.20. The third-order valence-corrected chi connectivity index (χ3v) is 2.55. The second-order valence-electron chi connectivity index (χ2n) is 3.37. The Labute approximate surface area is 95.6 Å². The molecule has 0 heterocycles. The van der Waals surface area contributed by atoms with Gasteiger partial charge in [-0.3, -0.25) is 0 Å². The van der Waals surface area contributed by atoms with E-state index < -0.39 is 0 Å². The molecule has 0 atom stereocenters. The van der Waals surface area contributed by atoms with E-state index in [4.69, 9.17) is 12.2 Å². The van der Waals surface area contributed by atoms with Gasteiger partial charge in [-0.1, -0.05) is 66.8 Å². The maximum Gasteiger partial charge on any atom is 0.0228 e. The monoisotopic (exact) mass is 211 g/mol. The molecule has 0 spiro atoms. The van der Waals surface area contributed by atoms with Crippen LogP contribution in [-0.2, 0) is 0 Å². The lowest BCUT2D eigenvalue weighted by atomic mass is 10.0. The fourth-order valence-corrected chi connectivity index (χ4v) is 1.62. The first-order chi connectivity index (χ1) is 7.27. The average molecular weight is 211 g/mol. The second-order valence-corrected chi connectivity index (χ2v) is 3.86. The summed E-state index contributed by atoms with van der Waals surface area (Å²) in [5.74, 6) is 0. The molecule has 1 heteroatoms. The molecule has 0 aliphatic carbocycles. The summed E-state index contributed by atoms with van der Waals surface area (Å²) in [6.45, 7) is 3.74. The van der Waals surface area contributed by atoms with Gasteiger partial charge < -0.3 is 0 Å². The van der Waals surface area contributed by atoms with Crippen LogP contribution in [0.1, 0.15) is 5.56 Å². The maximum absolute atomic E-state index is 5.01. The van der Waals surface area contributed by atoms with Crippen LogP contribution in [0.4, 0.5) is 0 Å². The Morgan fingerprint density at radius 1 is 0.800 bits per heavy atom. The highest BCUT2D eigenvalue weighted by atomic mass is 32.1. The molecule has 15 heavy (non-hydrogen) atoms. The van der Waals surface area contributed by atoms with Crippen LogP contribution >= 0.6 is 12.2 Å². The molecule has 0 saturated carbocycles. The molecule has 0 aromatic heterocycles. The second kappa shape index (κ2) is 4.37. The van der Waals surface area contributed by atoms with Crippen molar-refractivity contribution >= 4 is 17.1 Å². The van der Waals surface area contributed by atoms with Crippen molar-refractivity contribution in [2.75, 3.05) is 0 Å². The first-order valence-electron chi connectivity index (χ1n) is 4.79. The third-order valence-electron chi connectivity index (χ3n) is 2.31. The molecule has 2 aromatic carbocycles. The average Bonchev–Trinajstić information content (AvgIpc) is 2.30. The number of hydrogen-bond acceptors (Lipinski definition) is 1. The summed E-state index contributed by atoms with van der Waals surface area (Å²) in [5.41, 5.74) is 3.44. The summed E-state index contributed by atoms with van der Waals surface area (Å²) in [4.78, 5) is 0.689. The Morgan fingerprint density at radius 2 is 1.33 bits per heavy atom. The van der Waals surface area contributed by atoms with E-state index >= 15 is 0 Å². The molecule has 0 unspecified atom stereocenters. The quantitative estimate of drug-likeness (QED) is 0.536. The van der Waals surface area contributed by atoms with Crippen LogP contribution in [0.15, 0.2) is 54.6 Å². The Bertz CT molecular complexity index is 454. The lowest BCUT2D eigenvalue weighted by Crippen LogP contribution is -1.89. The van der Waals surface area contributed by atoms with Gasteiger partial charge in [-0.15, -0.1) is 0 Å². The summed E-state index contributed by atoms with van der Waals surface area (Å²) in [6, 6.07) is 18.4. The standard InChI is InChI=1S/C14H11S/c1-11(15)12-7-9-14(10-8-12)13-5-3-2-4-6-13/h2-10H,1H2. The summed E-state index contributed by atoms with van der Waals surface area (Å²) in [6.07, 6.45) is 0. The minimum atomic E-state index is 0.689. The van der Waals surface area contributed by atoms with Crippen molar-refractivity contribution in [3.05, 3.63) is 67.1 Å². The molecule has 0 N–H and O–H groups in total. The minimum Gasteiger partial charge on any atom is -0.0843 e. The van der Waals surface area contributed by atoms with Crippen LogP contribution in [0.3, 0.4) is 0 Å². The fourth-order valence-electron chi connectivity index (χ4n) is 1.48. The third kappa shape index (κ3) is 2.31. The normalized spacial score (nSPS) is 9.93. The number of hydrogen-bond donors (Lipinski definition) is 0. The van der Waals surface area contributed by atoms with E-state index in [9.17, 15) is 0 Å². The Hall–Kier alpha value is -1.47. The van der Waals surface area contributed by atoms with Crippen LogP contribution in [0.5, 0.6) is 0 Å². The predicted octanol–water partition coefficient (Wildman–Crippen LogP) is 3.91. The lowest BCUT2D eigenvalue weighted by molar-refractivity contribution is 1.60. The lowest BCUT2D eigenvalue weighted by Gasteiger charge is -2.02. The van der Waals surface area contributed by atoms with E-state index in [0.717, 1.165) is 5.56 Å². The molecule has 0 bridgehead atoms. The van der Waals surface area contributed by atoms with E-state index in [1.54, 1.807) is 0 Å². The molecule has 0 amide bonds. The van der Waals surface area contributed by atoms with Crippen LogP contribution in [-0.4, -0.2) is 4.86 Å². The van der Waals surface area contributed by atoms with E-state index in [2.05, 4.69) is 31.2 Å². The van der Waals surface area contributed by atoms with Crippen LogP contribution in [0.25, 0.3) is 11.1 Å². The smallest absolute Gasteiger partial charge is 0.0228 e. The van der Waals surface area contributed by atoms with Gasteiger partial charge >= 0.3 is 0 Å². The zero-order valence-corrected chi connectivity index (χ0v) is 9.13. The van der Waals surface area contributed by atoms with Crippen molar-refractivity contribution in [3.63, 3.8) is 0 Å². The van der Waals surface area contributed by atoms with Gasteiger partial charge in [0.15, 0.2) is 0 Å². The maximum atomic E-state index is 5.01. The molecular formula is C14H11S. The molecule has 0 fully saturated rings. The Morgan fingerprint density at radius 3 is 1.87 bits per heavy atom. The molecule has 1 radical (unpaired) electrons. The summed E-state index contributed by atoms with van der Waals surface area (Å²) < 4.78 is 0. The van der Waals surface area contributed by atoms with E-state index in [0.29, 0.717) is 4.86 Å². The minimum absolute atomic E-state index is 0.689. The van der Waals surface area contributed by atoms with Gasteiger partial charge in [-0.2, -0.15) is 0 Å². The number of rotatable bonds is 2. The highest BCUT2D eigenvalue weighted by molar-refractivity contribution is 7.81. The van der Waals surface area contributed by atoms with Gasteiger partial charge in [0.2, 0.25) is 0 Å². The van der Waals surface area contributed by atoms with Gasteiger partial charge in [-0.25, -0.2) is 0 Å². The molecule has 0 nitrogen and oxygen atoms in total. The van der Waals surface area contributed by atoms with Crippen molar-refractivity contribution in [3.8, 4) is 11.1 Å². The van der Waals surface area contributed by atoms with Crippen LogP contribution < -0.4 is 0 Å². The topological polar surface area (TPSA) is 0 Å². The van der Waals surface area contributed by atoms with Gasteiger partial charge in [-0.05, 0) is 23.6 Å². The molecule has 73 valence electrons. The van der Waals surface area contributed by atoms with Crippen molar-refractivity contribution in [1.82, 2.24) is 0 Å². The molecule has 0 saturated heterocycles. The highest BCUT2D eigenvalue weighted by Crippen LogP contribution is 2.19. The van der Waals surface area contributed by atoms with E-state index in [1.807, 2.05) is 30.3 Å². The van der Waals surface area contributed by atoms with Crippen molar-refractivity contribution < 1.29 is 0 Å². The van der Waals surface area contributed by atoms with Crippen molar-refractivity contribution in [2.45, 2.75) is 0 Å². The Kier molecular flexibility index (Phi) is 2.93. The molecule has 0 aliphatic rings. The van der Waals surface area contributed by atoms with E-state index in [-0.39, 0.29) is 0 Å². The molecule has 0 aliphatic heterocycles. The summed E-state index contributed by atoms with van der Waals surface area (Å²) >= 11 is 5.01. The predicted molar refractivity (Wildman–Crippen MR) is 68.9 cm³/mol. The van der Waals surface area contributed by atoms with Crippen molar-refractivity contribution in [1.29, 1.82) is 0 Å². The largest absolute Gasteiger partial charge is 0.0843 e. The fraction of sp³-hybridized carbons (Fsp3) is 0. The zero-order valence-electron chi connectivity index (χ0n) is 8.31. The van der Waals surface area contributed by atoms with Gasteiger partial charge in [0.25, 0.3) is 0 Å². The molecule has 2 aromatic rings. The zero-order chi connectivity index (χ0) is 10.7. The molecular weight excluding hydrogens is 200 g/mol. The van der Waals surface area contributed by atoms with E-state index in [1.165, 1.54) is 11.1 Å². The van der Waals surface area contributed by atoms with Crippen LogP contribution in [0, 0.1) is 6.92 Å². The Balaban J connectivity index is 2.36. The first kappa shape index (κ1) is 10.1. The molecule has 2 rings (SSSR count). The van der Waals surface area contributed by atoms with Gasteiger partial charge in [0.1, 0.15) is 0 Å². The van der Waals surface area contributed by atoms with Crippen molar-refractivity contribution in [2.24, 2.45) is 0 Å². The summed E-state index contributed by atoms with van der Waals surface area (Å²) in [7, 11) is 0. The number of benzene rings is 2.